The van der Waals surface area contributed by atoms with Gasteiger partial charge in [0.1, 0.15) is 30.0 Å². The summed E-state index contributed by atoms with van der Waals surface area (Å²) in [7, 11) is 0. The van der Waals surface area contributed by atoms with Crippen molar-refractivity contribution >= 4 is 11.8 Å². The number of rotatable bonds is 6. The monoisotopic (exact) mass is 495 g/mol. The standard InChI is InChI=1S/C28H30FNO4S/c1-17-13-14-30(15-17)18(2)16-33-22-9-5-19(6-10-22)26-27(20-3-7-21(31)8-4-20)35-28-24(34-26)12-11-23(32)25(28)29/h3-12,17-18,26-27,31-32H,13-16H2,1-2H3/t17-,18+,26-,27+/m0/s1. The number of hydrogen-bond acceptors (Lipinski definition) is 6. The van der Waals surface area contributed by atoms with Gasteiger partial charge in [0.2, 0.25) is 0 Å². The van der Waals surface area contributed by atoms with Crippen LogP contribution < -0.4 is 9.47 Å². The zero-order valence-electron chi connectivity index (χ0n) is 19.9. The Morgan fingerprint density at radius 1 is 1.06 bits per heavy atom. The maximum atomic E-state index is 14.7. The summed E-state index contributed by atoms with van der Waals surface area (Å²) in [6.07, 6.45) is 0.854. The van der Waals surface area contributed by atoms with E-state index in [4.69, 9.17) is 9.47 Å². The number of aromatic hydroxyl groups is 2. The first-order valence-electron chi connectivity index (χ1n) is 12.0. The Balaban J connectivity index is 1.36. The molecule has 5 rings (SSSR count). The molecule has 0 radical (unpaired) electrons. The molecular formula is C28H30FNO4S. The van der Waals surface area contributed by atoms with Crippen LogP contribution in [0.25, 0.3) is 0 Å². The number of hydrogen-bond donors (Lipinski definition) is 2. The lowest BCUT2D eigenvalue weighted by molar-refractivity contribution is 0.168. The van der Waals surface area contributed by atoms with Crippen molar-refractivity contribution in [1.29, 1.82) is 0 Å². The summed E-state index contributed by atoms with van der Waals surface area (Å²) in [5.74, 6) is 1.03. The second-order valence-electron chi connectivity index (χ2n) is 9.51. The summed E-state index contributed by atoms with van der Waals surface area (Å²) in [6.45, 7) is 7.38. The van der Waals surface area contributed by atoms with E-state index >= 15 is 0 Å². The van der Waals surface area contributed by atoms with Crippen molar-refractivity contribution < 1.29 is 24.1 Å². The second-order valence-corrected chi connectivity index (χ2v) is 10.7. The van der Waals surface area contributed by atoms with Crippen LogP contribution in [-0.2, 0) is 0 Å². The van der Waals surface area contributed by atoms with Crippen molar-refractivity contribution in [3.05, 3.63) is 77.6 Å². The van der Waals surface area contributed by atoms with Crippen LogP contribution in [-0.4, -0.2) is 40.9 Å². The molecule has 184 valence electrons. The van der Waals surface area contributed by atoms with Crippen LogP contribution in [0, 0.1) is 11.7 Å². The molecule has 0 bridgehead atoms. The molecular weight excluding hydrogens is 465 g/mol. The van der Waals surface area contributed by atoms with Gasteiger partial charge in [-0.3, -0.25) is 4.90 Å². The van der Waals surface area contributed by atoms with Gasteiger partial charge in [-0.1, -0.05) is 31.2 Å². The number of likely N-dealkylation sites (tertiary alicyclic amines) is 1. The Morgan fingerprint density at radius 3 is 2.46 bits per heavy atom. The minimum absolute atomic E-state index is 0.162. The molecule has 3 aromatic carbocycles. The van der Waals surface area contributed by atoms with Gasteiger partial charge in [-0.25, -0.2) is 4.39 Å². The molecule has 35 heavy (non-hydrogen) atoms. The summed E-state index contributed by atoms with van der Waals surface area (Å²) in [5.41, 5.74) is 1.82. The molecule has 0 aliphatic carbocycles. The topological polar surface area (TPSA) is 62.2 Å². The molecule has 2 N–H and O–H groups in total. The molecule has 4 atom stereocenters. The highest BCUT2D eigenvalue weighted by Crippen LogP contribution is 2.55. The van der Waals surface area contributed by atoms with E-state index in [-0.39, 0.29) is 22.0 Å². The molecule has 2 aliphatic rings. The van der Waals surface area contributed by atoms with Crippen LogP contribution in [0.5, 0.6) is 23.0 Å². The Labute approximate surface area is 209 Å². The van der Waals surface area contributed by atoms with Crippen LogP contribution >= 0.6 is 11.8 Å². The number of fused-ring (bicyclic) bond motifs is 1. The third kappa shape index (κ3) is 5.07. The van der Waals surface area contributed by atoms with E-state index in [1.165, 1.54) is 24.2 Å². The van der Waals surface area contributed by atoms with Crippen molar-refractivity contribution in [2.45, 2.75) is 42.6 Å². The Hall–Kier alpha value is -2.90. The number of ether oxygens (including phenoxy) is 2. The highest BCUT2D eigenvalue weighted by molar-refractivity contribution is 7.99. The molecule has 0 spiro atoms. The zero-order valence-corrected chi connectivity index (χ0v) is 20.7. The van der Waals surface area contributed by atoms with Crippen LogP contribution in [0.3, 0.4) is 0 Å². The van der Waals surface area contributed by atoms with Crippen molar-refractivity contribution in [3.63, 3.8) is 0 Å². The number of benzene rings is 3. The molecule has 3 aromatic rings. The Bertz CT molecular complexity index is 1170. The highest BCUT2D eigenvalue weighted by Gasteiger charge is 2.35. The van der Waals surface area contributed by atoms with Crippen LogP contribution in [0.2, 0.25) is 0 Å². The van der Waals surface area contributed by atoms with Gasteiger partial charge in [-0.2, -0.15) is 0 Å². The minimum atomic E-state index is -0.681. The molecule has 1 saturated heterocycles. The third-order valence-electron chi connectivity index (χ3n) is 6.81. The van der Waals surface area contributed by atoms with Crippen molar-refractivity contribution in [2.24, 2.45) is 5.92 Å². The van der Waals surface area contributed by atoms with Gasteiger partial charge in [-0.15, -0.1) is 11.8 Å². The van der Waals surface area contributed by atoms with Crippen molar-refractivity contribution in [3.8, 4) is 23.0 Å². The largest absolute Gasteiger partial charge is 0.508 e. The molecule has 0 aromatic heterocycles. The van der Waals surface area contributed by atoms with Gasteiger partial charge in [0.05, 0.1) is 10.1 Å². The van der Waals surface area contributed by atoms with E-state index in [9.17, 15) is 14.6 Å². The molecule has 2 heterocycles. The molecule has 7 heteroatoms. The zero-order chi connectivity index (χ0) is 24.5. The minimum Gasteiger partial charge on any atom is -0.508 e. The number of phenols is 2. The predicted molar refractivity (Wildman–Crippen MR) is 135 cm³/mol. The summed E-state index contributed by atoms with van der Waals surface area (Å²) in [6, 6.07) is 18.0. The second kappa shape index (κ2) is 9.99. The summed E-state index contributed by atoms with van der Waals surface area (Å²) in [5, 5.41) is 19.3. The van der Waals surface area contributed by atoms with E-state index in [1.807, 2.05) is 36.4 Å². The fraction of sp³-hybridized carbons (Fsp3) is 0.357. The van der Waals surface area contributed by atoms with Gasteiger partial charge in [0.25, 0.3) is 0 Å². The summed E-state index contributed by atoms with van der Waals surface area (Å²) >= 11 is 1.31. The molecule has 0 unspecified atom stereocenters. The van der Waals surface area contributed by atoms with Gasteiger partial charge in [-0.05, 0) is 73.3 Å². The molecule has 1 fully saturated rings. The van der Waals surface area contributed by atoms with E-state index in [1.54, 1.807) is 18.2 Å². The lowest BCUT2D eigenvalue weighted by Crippen LogP contribution is -2.35. The van der Waals surface area contributed by atoms with Crippen LogP contribution in [0.1, 0.15) is 42.7 Å². The Kier molecular flexibility index (Phi) is 6.80. The van der Waals surface area contributed by atoms with Gasteiger partial charge in [0, 0.05) is 12.6 Å². The lowest BCUT2D eigenvalue weighted by Gasteiger charge is -2.34. The fourth-order valence-electron chi connectivity index (χ4n) is 4.71. The van der Waals surface area contributed by atoms with Gasteiger partial charge in [0.15, 0.2) is 11.6 Å². The normalized spacial score (nSPS) is 22.9. The fourth-order valence-corrected chi connectivity index (χ4v) is 6.04. The summed E-state index contributed by atoms with van der Waals surface area (Å²) in [4.78, 5) is 2.76. The SMILES string of the molecule is C[C@H]1CCN([C@H](C)COc2ccc([C@@H]3Oc4ccc(O)c(F)c4S[C@@H]3c3ccc(O)cc3)cc2)C1. The van der Waals surface area contributed by atoms with Gasteiger partial charge >= 0.3 is 0 Å². The van der Waals surface area contributed by atoms with Gasteiger partial charge < -0.3 is 19.7 Å². The first kappa shape index (κ1) is 23.8. The molecule has 0 amide bonds. The van der Waals surface area contributed by atoms with E-state index in [2.05, 4.69) is 18.7 Å². The third-order valence-corrected chi connectivity index (χ3v) is 8.20. The maximum Gasteiger partial charge on any atom is 0.182 e. The molecule has 2 aliphatic heterocycles. The van der Waals surface area contributed by atoms with Crippen molar-refractivity contribution in [2.75, 3.05) is 19.7 Å². The lowest BCUT2D eigenvalue weighted by atomic mass is 10.00. The van der Waals surface area contributed by atoms with E-state index in [0.717, 1.165) is 35.9 Å². The smallest absolute Gasteiger partial charge is 0.182 e. The number of halogens is 1. The number of phenolic OH excluding ortho intramolecular Hbond substituents is 2. The highest BCUT2D eigenvalue weighted by atomic mass is 32.2. The first-order chi connectivity index (χ1) is 16.9. The Morgan fingerprint density at radius 2 is 1.77 bits per heavy atom. The molecule has 5 nitrogen and oxygen atoms in total. The van der Waals surface area contributed by atoms with Crippen LogP contribution in [0.15, 0.2) is 65.6 Å². The molecule has 0 saturated carbocycles. The van der Waals surface area contributed by atoms with Crippen LogP contribution in [0.4, 0.5) is 4.39 Å². The average molecular weight is 496 g/mol. The van der Waals surface area contributed by atoms with E-state index in [0.29, 0.717) is 18.4 Å². The first-order valence-corrected chi connectivity index (χ1v) is 12.9. The maximum absolute atomic E-state index is 14.7. The average Bonchev–Trinajstić information content (AvgIpc) is 3.31. The summed E-state index contributed by atoms with van der Waals surface area (Å²) < 4.78 is 27.1. The van der Waals surface area contributed by atoms with Crippen molar-refractivity contribution in [1.82, 2.24) is 4.90 Å². The number of nitrogens with zero attached hydrogens (tertiary/aromatic N) is 1. The predicted octanol–water partition coefficient (Wildman–Crippen LogP) is 6.31. The van der Waals surface area contributed by atoms with E-state index < -0.39 is 11.6 Å². The quantitative estimate of drug-likeness (QED) is 0.418. The number of thioether (sulfide) groups is 1.